The van der Waals surface area contributed by atoms with Crippen LogP contribution in [0, 0.1) is 0 Å². The number of hydrogen-bond donors (Lipinski definition) is 3. The predicted molar refractivity (Wildman–Crippen MR) is 115 cm³/mol. The third kappa shape index (κ3) is 4.79. The highest BCUT2D eigenvalue weighted by molar-refractivity contribution is 5.92. The molecular formula is C23H23N5O. The highest BCUT2D eigenvalue weighted by Gasteiger charge is 2.09. The largest absolute Gasteiger partial charge is 0.370 e. The van der Waals surface area contributed by atoms with Crippen LogP contribution in [0.1, 0.15) is 21.6 Å². The van der Waals surface area contributed by atoms with Crippen molar-refractivity contribution in [3.8, 4) is 0 Å². The topological polar surface area (TPSA) is 82.7 Å². The lowest BCUT2D eigenvalue weighted by Gasteiger charge is -2.08. The minimum Gasteiger partial charge on any atom is -0.370 e. The zero-order chi connectivity index (χ0) is 19.9. The van der Waals surface area contributed by atoms with Crippen molar-refractivity contribution < 1.29 is 4.79 Å². The van der Waals surface area contributed by atoms with E-state index in [1.807, 2.05) is 42.6 Å². The molecular weight excluding hydrogens is 362 g/mol. The Morgan fingerprint density at radius 1 is 0.931 bits per heavy atom. The number of fused-ring (bicyclic) bond motifs is 1. The van der Waals surface area contributed by atoms with Crippen LogP contribution in [-0.4, -0.2) is 33.9 Å². The van der Waals surface area contributed by atoms with Crippen LogP contribution in [0.15, 0.2) is 73.2 Å². The molecule has 0 unspecified atom stereocenters. The van der Waals surface area contributed by atoms with E-state index >= 15 is 0 Å². The highest BCUT2D eigenvalue weighted by atomic mass is 16.1. The number of carbonyl (C=O) groups excluding carboxylic acids is 1. The van der Waals surface area contributed by atoms with Crippen molar-refractivity contribution in [1.82, 2.24) is 20.3 Å². The van der Waals surface area contributed by atoms with Crippen LogP contribution in [-0.2, 0) is 12.8 Å². The third-order valence-electron chi connectivity index (χ3n) is 4.82. The van der Waals surface area contributed by atoms with Crippen molar-refractivity contribution in [1.29, 1.82) is 0 Å². The fourth-order valence-electron chi connectivity index (χ4n) is 3.30. The first-order valence-corrected chi connectivity index (χ1v) is 9.72. The molecule has 4 rings (SSSR count). The maximum atomic E-state index is 12.4. The second-order valence-electron chi connectivity index (χ2n) is 6.82. The minimum absolute atomic E-state index is 0.196. The molecule has 0 aliphatic rings. The number of H-pyrrole nitrogens is 1. The molecule has 2 heterocycles. The van der Waals surface area contributed by atoms with E-state index in [1.54, 1.807) is 6.07 Å². The van der Waals surface area contributed by atoms with Gasteiger partial charge < -0.3 is 15.6 Å². The average Bonchev–Trinajstić information content (AvgIpc) is 3.18. The molecule has 0 bridgehead atoms. The molecule has 4 aromatic rings. The zero-order valence-electron chi connectivity index (χ0n) is 16.1. The molecule has 29 heavy (non-hydrogen) atoms. The van der Waals surface area contributed by atoms with E-state index in [2.05, 4.69) is 43.8 Å². The van der Waals surface area contributed by atoms with E-state index in [0.717, 1.165) is 24.9 Å². The number of aromatic amines is 1. The van der Waals surface area contributed by atoms with Gasteiger partial charge in [-0.15, -0.1) is 0 Å². The summed E-state index contributed by atoms with van der Waals surface area (Å²) >= 11 is 0. The van der Waals surface area contributed by atoms with Gasteiger partial charge in [-0.25, -0.2) is 9.97 Å². The number of para-hydroxylation sites is 1. The summed E-state index contributed by atoms with van der Waals surface area (Å²) in [5.41, 5.74) is 3.91. The van der Waals surface area contributed by atoms with E-state index in [0.29, 0.717) is 18.1 Å². The van der Waals surface area contributed by atoms with Gasteiger partial charge in [-0.05, 0) is 30.0 Å². The number of nitrogens with zero attached hydrogens (tertiary/aromatic N) is 2. The number of rotatable bonds is 8. The maximum absolute atomic E-state index is 12.4. The van der Waals surface area contributed by atoms with Gasteiger partial charge in [0.1, 0.15) is 17.8 Å². The number of nitrogens with one attached hydrogen (secondary N) is 3. The molecule has 0 fully saturated rings. The molecule has 0 radical (unpaired) electrons. The lowest BCUT2D eigenvalue weighted by molar-refractivity contribution is 0.0949. The number of amides is 1. The molecule has 2 aromatic heterocycles. The fourth-order valence-corrected chi connectivity index (χ4v) is 3.30. The van der Waals surface area contributed by atoms with Gasteiger partial charge in [-0.3, -0.25) is 4.79 Å². The number of hydrogen-bond acceptors (Lipinski definition) is 4. The molecule has 0 saturated heterocycles. The van der Waals surface area contributed by atoms with Crippen LogP contribution < -0.4 is 10.6 Å². The van der Waals surface area contributed by atoms with E-state index < -0.39 is 0 Å². The standard InChI is InChI=1S/C23H23N5O/c29-23(25-13-11-18-15-26-20-9-5-4-8-19(18)20)21-14-22(28-16-27-21)24-12-10-17-6-2-1-3-7-17/h1-9,14-16,26H,10-13H2,(H,25,29)(H,24,27,28). The van der Waals surface area contributed by atoms with Crippen molar-refractivity contribution >= 4 is 22.6 Å². The van der Waals surface area contributed by atoms with E-state index in [1.165, 1.54) is 22.8 Å². The average molecular weight is 385 g/mol. The normalized spacial score (nSPS) is 10.8. The van der Waals surface area contributed by atoms with Crippen LogP contribution in [0.3, 0.4) is 0 Å². The Kier molecular flexibility index (Phi) is 5.81. The van der Waals surface area contributed by atoms with Gasteiger partial charge in [-0.2, -0.15) is 0 Å². The van der Waals surface area contributed by atoms with Crippen LogP contribution in [0.5, 0.6) is 0 Å². The van der Waals surface area contributed by atoms with Crippen molar-refractivity contribution in [3.63, 3.8) is 0 Å². The fraction of sp³-hybridized carbons (Fsp3) is 0.174. The summed E-state index contributed by atoms with van der Waals surface area (Å²) in [5.74, 6) is 0.455. The second-order valence-corrected chi connectivity index (χ2v) is 6.82. The van der Waals surface area contributed by atoms with Crippen molar-refractivity contribution in [3.05, 3.63) is 90.0 Å². The quantitative estimate of drug-likeness (QED) is 0.433. The molecule has 146 valence electrons. The summed E-state index contributed by atoms with van der Waals surface area (Å²) in [4.78, 5) is 24.0. The molecule has 0 atom stereocenters. The monoisotopic (exact) mass is 385 g/mol. The number of carbonyl (C=O) groups is 1. The van der Waals surface area contributed by atoms with Gasteiger partial charge in [0.05, 0.1) is 0 Å². The van der Waals surface area contributed by atoms with Gasteiger partial charge in [0.2, 0.25) is 0 Å². The molecule has 3 N–H and O–H groups in total. The first-order valence-electron chi connectivity index (χ1n) is 9.72. The van der Waals surface area contributed by atoms with Gasteiger partial charge in [-0.1, -0.05) is 48.5 Å². The zero-order valence-corrected chi connectivity index (χ0v) is 16.1. The van der Waals surface area contributed by atoms with Crippen LogP contribution in [0.2, 0.25) is 0 Å². The smallest absolute Gasteiger partial charge is 0.270 e. The summed E-state index contributed by atoms with van der Waals surface area (Å²) in [7, 11) is 0. The van der Waals surface area contributed by atoms with Gasteiger partial charge in [0.15, 0.2) is 0 Å². The number of benzene rings is 2. The molecule has 0 aliphatic carbocycles. The summed E-state index contributed by atoms with van der Waals surface area (Å²) in [5, 5.41) is 7.38. The highest BCUT2D eigenvalue weighted by Crippen LogP contribution is 2.17. The Bertz CT molecular complexity index is 1090. The predicted octanol–water partition coefficient (Wildman–Crippen LogP) is 3.59. The van der Waals surface area contributed by atoms with Crippen molar-refractivity contribution in [2.24, 2.45) is 0 Å². The Morgan fingerprint density at radius 2 is 1.76 bits per heavy atom. The minimum atomic E-state index is -0.196. The van der Waals surface area contributed by atoms with E-state index in [9.17, 15) is 4.79 Å². The summed E-state index contributed by atoms with van der Waals surface area (Å²) in [6, 6.07) is 20.1. The van der Waals surface area contributed by atoms with Crippen LogP contribution in [0.4, 0.5) is 5.82 Å². The van der Waals surface area contributed by atoms with Crippen molar-refractivity contribution in [2.75, 3.05) is 18.4 Å². The number of anilines is 1. The molecule has 6 nitrogen and oxygen atoms in total. The lowest BCUT2D eigenvalue weighted by atomic mass is 10.1. The molecule has 2 aromatic carbocycles. The number of aromatic nitrogens is 3. The Balaban J connectivity index is 1.29. The van der Waals surface area contributed by atoms with Crippen LogP contribution in [0.25, 0.3) is 10.9 Å². The lowest BCUT2D eigenvalue weighted by Crippen LogP contribution is -2.26. The molecule has 0 spiro atoms. The Hall–Kier alpha value is -3.67. The molecule has 0 saturated carbocycles. The summed E-state index contributed by atoms with van der Waals surface area (Å²) < 4.78 is 0. The van der Waals surface area contributed by atoms with Gasteiger partial charge in [0, 0.05) is 36.3 Å². The van der Waals surface area contributed by atoms with Gasteiger partial charge >= 0.3 is 0 Å². The van der Waals surface area contributed by atoms with E-state index in [4.69, 9.17) is 0 Å². The Morgan fingerprint density at radius 3 is 2.66 bits per heavy atom. The van der Waals surface area contributed by atoms with E-state index in [-0.39, 0.29) is 5.91 Å². The first-order chi connectivity index (χ1) is 14.3. The SMILES string of the molecule is O=C(NCCc1c[nH]c2ccccc12)c1cc(NCCc2ccccc2)ncn1. The summed E-state index contributed by atoms with van der Waals surface area (Å²) in [6.45, 7) is 1.28. The van der Waals surface area contributed by atoms with Gasteiger partial charge in [0.25, 0.3) is 5.91 Å². The third-order valence-corrected chi connectivity index (χ3v) is 4.82. The van der Waals surface area contributed by atoms with Crippen molar-refractivity contribution in [2.45, 2.75) is 12.8 Å². The summed E-state index contributed by atoms with van der Waals surface area (Å²) in [6.07, 6.45) is 5.05. The Labute approximate surface area is 169 Å². The molecule has 6 heteroatoms. The first kappa shape index (κ1) is 18.7. The second kappa shape index (κ2) is 9.01. The molecule has 0 aliphatic heterocycles. The molecule has 1 amide bonds. The van der Waals surface area contributed by atoms with Crippen LogP contribution >= 0.6 is 0 Å². The maximum Gasteiger partial charge on any atom is 0.270 e.